The van der Waals surface area contributed by atoms with Gasteiger partial charge in [0, 0.05) is 18.7 Å². The molecule has 7 heteroatoms. The van der Waals surface area contributed by atoms with Gasteiger partial charge in [-0.25, -0.2) is 0 Å². The Morgan fingerprint density at radius 3 is 2.29 bits per heavy atom. The lowest BCUT2D eigenvalue weighted by molar-refractivity contribution is -0.384. The summed E-state index contributed by atoms with van der Waals surface area (Å²) in [5.41, 5.74) is 0.924. The topological polar surface area (TPSA) is 64.4 Å². The van der Waals surface area contributed by atoms with Crippen molar-refractivity contribution in [1.82, 2.24) is 5.32 Å². The maximum Gasteiger partial charge on any atom is 0.271 e. The molecule has 0 radical (unpaired) electrons. The van der Waals surface area contributed by atoms with Gasteiger partial charge in [-0.05, 0) is 30.8 Å². The first kappa shape index (κ1) is 15.6. The molecule has 0 unspecified atom stereocenters. The summed E-state index contributed by atoms with van der Waals surface area (Å²) in [6.45, 7) is 0.693. The Labute approximate surface area is 131 Å². The smallest absolute Gasteiger partial charge is 0.271 e. The highest BCUT2D eigenvalue weighted by molar-refractivity contribution is 6.33. The van der Waals surface area contributed by atoms with E-state index in [1.165, 1.54) is 18.2 Å². The number of halogens is 2. The normalized spacial score (nSPS) is 10.4. The summed E-state index contributed by atoms with van der Waals surface area (Å²) in [5.74, 6) is 0.748. The highest BCUT2D eigenvalue weighted by atomic mass is 35.5. The zero-order valence-corrected chi connectivity index (χ0v) is 12.6. The summed E-state index contributed by atoms with van der Waals surface area (Å²) in [7, 11) is 1.84. The van der Waals surface area contributed by atoms with Crippen molar-refractivity contribution in [3.63, 3.8) is 0 Å². The van der Waals surface area contributed by atoms with Crippen molar-refractivity contribution >= 4 is 28.9 Å². The van der Waals surface area contributed by atoms with Gasteiger partial charge in [0.25, 0.3) is 5.69 Å². The Morgan fingerprint density at radius 2 is 1.76 bits per heavy atom. The predicted molar refractivity (Wildman–Crippen MR) is 82.4 cm³/mol. The molecular weight excluding hydrogens is 315 g/mol. The lowest BCUT2D eigenvalue weighted by atomic mass is 10.2. The Hall–Kier alpha value is -1.82. The van der Waals surface area contributed by atoms with Crippen LogP contribution in [0.25, 0.3) is 0 Å². The summed E-state index contributed by atoms with van der Waals surface area (Å²) in [6, 6.07) is 9.39. The van der Waals surface area contributed by atoms with Gasteiger partial charge in [0.1, 0.15) is 11.5 Å². The van der Waals surface area contributed by atoms with Gasteiger partial charge in [0.05, 0.1) is 15.0 Å². The molecule has 5 nitrogen and oxygen atoms in total. The molecule has 2 aromatic rings. The van der Waals surface area contributed by atoms with Crippen LogP contribution in [0.5, 0.6) is 11.5 Å². The van der Waals surface area contributed by atoms with Crippen LogP contribution >= 0.6 is 23.2 Å². The van der Waals surface area contributed by atoms with Gasteiger partial charge >= 0.3 is 0 Å². The molecule has 1 N–H and O–H groups in total. The van der Waals surface area contributed by atoms with Crippen LogP contribution in [0, 0.1) is 10.1 Å². The third kappa shape index (κ3) is 3.85. The molecule has 0 bridgehead atoms. The van der Waals surface area contributed by atoms with Crippen LogP contribution in [0.1, 0.15) is 5.56 Å². The van der Waals surface area contributed by atoms with Crippen molar-refractivity contribution in [3.8, 4) is 11.5 Å². The maximum absolute atomic E-state index is 10.7. The number of rotatable bonds is 5. The van der Waals surface area contributed by atoms with E-state index in [2.05, 4.69) is 5.32 Å². The Morgan fingerprint density at radius 1 is 1.14 bits per heavy atom. The van der Waals surface area contributed by atoms with E-state index < -0.39 is 4.92 Å². The molecule has 0 aromatic heterocycles. The van der Waals surface area contributed by atoms with Crippen LogP contribution in [0.15, 0.2) is 36.4 Å². The minimum absolute atomic E-state index is 0.0946. The summed E-state index contributed by atoms with van der Waals surface area (Å²) in [5, 5.41) is 14.3. The molecule has 0 saturated heterocycles. The fourth-order valence-electron chi connectivity index (χ4n) is 1.75. The van der Waals surface area contributed by atoms with Gasteiger partial charge < -0.3 is 10.1 Å². The van der Waals surface area contributed by atoms with Gasteiger partial charge in [-0.15, -0.1) is 0 Å². The van der Waals surface area contributed by atoms with E-state index in [9.17, 15) is 10.1 Å². The van der Waals surface area contributed by atoms with E-state index in [1.807, 2.05) is 13.1 Å². The molecule has 0 saturated carbocycles. The standard InChI is InChI=1S/C14H12Cl2N2O3/c1-17-8-9-2-4-13(11(15)6-9)21-14-5-3-10(18(19)20)7-12(14)16/h2-7,17H,8H2,1H3. The molecule has 21 heavy (non-hydrogen) atoms. The van der Waals surface area contributed by atoms with Crippen LogP contribution in [0.2, 0.25) is 10.0 Å². The van der Waals surface area contributed by atoms with E-state index >= 15 is 0 Å². The number of hydrogen-bond acceptors (Lipinski definition) is 4. The molecule has 0 heterocycles. The van der Waals surface area contributed by atoms with Gasteiger partial charge in [-0.2, -0.15) is 0 Å². The van der Waals surface area contributed by atoms with Gasteiger partial charge in [0.2, 0.25) is 0 Å². The molecular formula is C14H12Cl2N2O3. The fourth-order valence-corrected chi connectivity index (χ4v) is 2.20. The van der Waals surface area contributed by atoms with Crippen molar-refractivity contribution in [2.45, 2.75) is 6.54 Å². The SMILES string of the molecule is CNCc1ccc(Oc2ccc([N+](=O)[O-])cc2Cl)c(Cl)c1. The van der Waals surface area contributed by atoms with Crippen molar-refractivity contribution in [1.29, 1.82) is 0 Å². The molecule has 2 aromatic carbocycles. The molecule has 0 fully saturated rings. The summed E-state index contributed by atoms with van der Waals surface area (Å²) < 4.78 is 5.60. The van der Waals surface area contributed by atoms with Crippen LogP contribution in [-0.4, -0.2) is 12.0 Å². The predicted octanol–water partition coefficient (Wildman–Crippen LogP) is 4.41. The Kier molecular flexibility index (Phi) is 5.01. The van der Waals surface area contributed by atoms with E-state index in [-0.39, 0.29) is 10.7 Å². The van der Waals surface area contributed by atoms with Crippen molar-refractivity contribution in [2.75, 3.05) is 7.05 Å². The Balaban J connectivity index is 2.24. The highest BCUT2D eigenvalue weighted by Gasteiger charge is 2.12. The number of hydrogen-bond donors (Lipinski definition) is 1. The molecule has 0 spiro atoms. The molecule has 0 aliphatic heterocycles. The maximum atomic E-state index is 10.7. The number of nitrogens with zero attached hydrogens (tertiary/aromatic N) is 1. The van der Waals surface area contributed by atoms with Crippen LogP contribution in [0.3, 0.4) is 0 Å². The van der Waals surface area contributed by atoms with Crippen molar-refractivity contribution in [3.05, 3.63) is 62.1 Å². The number of ether oxygens (including phenoxy) is 1. The van der Waals surface area contributed by atoms with E-state index in [0.717, 1.165) is 5.56 Å². The molecule has 110 valence electrons. The van der Waals surface area contributed by atoms with Gasteiger partial charge in [0.15, 0.2) is 0 Å². The number of non-ortho nitro benzene ring substituents is 1. The number of benzene rings is 2. The Bertz CT molecular complexity index is 677. The van der Waals surface area contributed by atoms with Gasteiger partial charge in [-0.3, -0.25) is 10.1 Å². The molecule has 0 aliphatic rings. The summed E-state index contributed by atoms with van der Waals surface area (Å²) in [6.07, 6.45) is 0. The number of nitrogens with one attached hydrogen (secondary N) is 1. The number of nitro groups is 1. The third-order valence-electron chi connectivity index (χ3n) is 2.72. The molecule has 0 atom stereocenters. The number of nitro benzene ring substituents is 1. The second-order valence-electron chi connectivity index (χ2n) is 4.27. The van der Waals surface area contributed by atoms with E-state index in [4.69, 9.17) is 27.9 Å². The summed E-state index contributed by atoms with van der Waals surface area (Å²) in [4.78, 5) is 10.1. The summed E-state index contributed by atoms with van der Waals surface area (Å²) >= 11 is 12.1. The average molecular weight is 327 g/mol. The lowest BCUT2D eigenvalue weighted by Crippen LogP contribution is -2.04. The lowest BCUT2D eigenvalue weighted by Gasteiger charge is -2.10. The van der Waals surface area contributed by atoms with Crippen LogP contribution in [0.4, 0.5) is 5.69 Å². The molecule has 0 aliphatic carbocycles. The molecule has 2 rings (SSSR count). The third-order valence-corrected chi connectivity index (χ3v) is 3.31. The largest absolute Gasteiger partial charge is 0.454 e. The van der Waals surface area contributed by atoms with Crippen molar-refractivity contribution < 1.29 is 9.66 Å². The fraction of sp³-hybridized carbons (Fsp3) is 0.143. The monoisotopic (exact) mass is 326 g/mol. The van der Waals surface area contributed by atoms with Gasteiger partial charge in [-0.1, -0.05) is 29.3 Å². The highest BCUT2D eigenvalue weighted by Crippen LogP contribution is 2.35. The van der Waals surface area contributed by atoms with E-state index in [1.54, 1.807) is 12.1 Å². The van der Waals surface area contributed by atoms with Crippen LogP contribution in [-0.2, 0) is 6.54 Å². The second-order valence-corrected chi connectivity index (χ2v) is 5.08. The zero-order chi connectivity index (χ0) is 15.4. The first-order valence-electron chi connectivity index (χ1n) is 6.06. The van der Waals surface area contributed by atoms with Crippen LogP contribution < -0.4 is 10.1 Å². The van der Waals surface area contributed by atoms with E-state index in [0.29, 0.717) is 23.1 Å². The second kappa shape index (κ2) is 6.76. The zero-order valence-electron chi connectivity index (χ0n) is 11.1. The minimum atomic E-state index is -0.519. The first-order valence-corrected chi connectivity index (χ1v) is 6.81. The molecule has 0 amide bonds. The quantitative estimate of drug-likeness (QED) is 0.652. The van der Waals surface area contributed by atoms with Crippen molar-refractivity contribution in [2.24, 2.45) is 0 Å². The average Bonchev–Trinajstić information content (AvgIpc) is 2.43. The minimum Gasteiger partial charge on any atom is -0.454 e. The first-order chi connectivity index (χ1) is 10.0.